The summed E-state index contributed by atoms with van der Waals surface area (Å²) in [4.78, 5) is 0. The highest BCUT2D eigenvalue weighted by atomic mass is 19.4. The highest BCUT2D eigenvalue weighted by Crippen LogP contribution is 2.65. The Kier molecular flexibility index (Phi) is 6.73. The Balaban J connectivity index is 4.18. The fraction of sp³-hybridized carbons (Fsp3) is 1.00. The van der Waals surface area contributed by atoms with Gasteiger partial charge in [-0.15, -0.1) is 0 Å². The maximum atomic E-state index is 13.4. The van der Waals surface area contributed by atoms with E-state index in [1.54, 1.807) is 4.74 Å². The lowest BCUT2D eigenvalue weighted by atomic mass is 9.86. The quantitative estimate of drug-likeness (QED) is 0.300. The predicted molar refractivity (Wildman–Crippen MR) is 60.3 cm³/mol. The Morgan fingerprint density at radius 2 is 0.618 bits per heavy atom. The third-order valence-electron chi connectivity index (χ3n) is 4.28. The number of alkyl halides is 21. The maximum absolute atomic E-state index is 13.4. The molecule has 1 aliphatic rings. The van der Waals surface area contributed by atoms with Crippen molar-refractivity contribution in [3.63, 3.8) is 0 Å². The van der Waals surface area contributed by atoms with E-state index in [0.717, 1.165) is 0 Å². The minimum Gasteiger partial charge on any atom is -0.277 e. The van der Waals surface area contributed by atoms with Gasteiger partial charge in [0.05, 0.1) is 0 Å². The molecule has 0 amide bonds. The summed E-state index contributed by atoms with van der Waals surface area (Å²) in [6.07, 6.45) is -25.8. The topological polar surface area (TPSA) is 9.23 Å². The van der Waals surface area contributed by atoms with Crippen LogP contribution in [0.25, 0.3) is 0 Å². The first-order valence-corrected chi connectivity index (χ1v) is 7.45. The maximum Gasteiger partial charge on any atom is 0.392 e. The molecule has 1 aliphatic heterocycles. The molecule has 3 atom stereocenters. The lowest BCUT2D eigenvalue weighted by Gasteiger charge is -2.43. The zero-order valence-electron chi connectivity index (χ0n) is 14.6. The second-order valence-corrected chi connectivity index (χ2v) is 6.49. The van der Waals surface area contributed by atoms with Gasteiger partial charge in [-0.25, -0.2) is 13.2 Å². The van der Waals surface area contributed by atoms with Crippen molar-refractivity contribution in [3.05, 3.63) is 0 Å². The molecular formula is C12H3F21O. The van der Waals surface area contributed by atoms with Gasteiger partial charge in [0, 0.05) is 0 Å². The normalized spacial score (nSPS) is 37.5. The molecule has 0 bridgehead atoms. The standard InChI is InChI=1S/C12H3F21O/c13-1-2(14)6(20,21)34-3(15)5(18,19)8(24,25)10(28,29)12(32,33)11(30,31)9(26,27)7(22,23)4(1,16)17/h1-3H. The monoisotopic (exact) mass is 562 g/mol. The Morgan fingerprint density at radius 3 is 0.941 bits per heavy atom. The molecule has 0 spiro atoms. The van der Waals surface area contributed by atoms with Gasteiger partial charge >= 0.3 is 53.5 Å². The average Bonchev–Trinajstić information content (AvgIpc) is 2.64. The summed E-state index contributed by atoms with van der Waals surface area (Å²) in [6, 6.07) is 0. The summed E-state index contributed by atoms with van der Waals surface area (Å²) in [5, 5.41) is 0. The van der Waals surface area contributed by atoms with Crippen LogP contribution in [0.15, 0.2) is 0 Å². The van der Waals surface area contributed by atoms with E-state index < -0.39 is 72.2 Å². The molecule has 1 rings (SSSR count). The zero-order valence-corrected chi connectivity index (χ0v) is 14.6. The number of rotatable bonds is 0. The molecule has 1 nitrogen and oxygen atoms in total. The fourth-order valence-corrected chi connectivity index (χ4v) is 2.15. The number of halogens is 21. The van der Waals surface area contributed by atoms with Crippen LogP contribution in [-0.2, 0) is 4.74 Å². The molecule has 0 radical (unpaired) electrons. The molecule has 0 aromatic rings. The minimum atomic E-state index is -9.00. The van der Waals surface area contributed by atoms with Gasteiger partial charge in [-0.05, 0) is 0 Å². The molecule has 204 valence electrons. The highest BCUT2D eigenvalue weighted by Gasteiger charge is 2.96. The largest absolute Gasteiger partial charge is 0.392 e. The van der Waals surface area contributed by atoms with Crippen LogP contribution < -0.4 is 0 Å². The molecule has 1 saturated heterocycles. The van der Waals surface area contributed by atoms with Crippen molar-refractivity contribution in [1.29, 1.82) is 0 Å². The molecule has 0 aromatic heterocycles. The minimum absolute atomic E-state index is 1.74. The average molecular weight is 562 g/mol. The third-order valence-corrected chi connectivity index (χ3v) is 4.28. The van der Waals surface area contributed by atoms with E-state index in [-0.39, 0.29) is 0 Å². The van der Waals surface area contributed by atoms with Crippen LogP contribution >= 0.6 is 0 Å². The van der Waals surface area contributed by atoms with E-state index in [9.17, 15) is 92.2 Å². The molecule has 0 aromatic carbocycles. The van der Waals surface area contributed by atoms with Gasteiger partial charge < -0.3 is 0 Å². The fourth-order valence-electron chi connectivity index (χ4n) is 2.15. The molecule has 0 saturated carbocycles. The van der Waals surface area contributed by atoms with E-state index in [4.69, 9.17) is 0 Å². The number of ether oxygens (including phenoxy) is 1. The number of hydrogen-bond acceptors (Lipinski definition) is 1. The summed E-state index contributed by atoms with van der Waals surface area (Å²) in [5.74, 6) is -68.9. The van der Waals surface area contributed by atoms with Crippen LogP contribution in [0.1, 0.15) is 0 Å². The highest BCUT2D eigenvalue weighted by molar-refractivity contribution is 5.17. The molecular weight excluding hydrogens is 559 g/mol. The van der Waals surface area contributed by atoms with E-state index in [1.807, 2.05) is 0 Å². The molecule has 0 N–H and O–H groups in total. The van der Waals surface area contributed by atoms with Crippen molar-refractivity contribution in [2.45, 2.75) is 72.2 Å². The van der Waals surface area contributed by atoms with Gasteiger partial charge in [-0.2, -0.15) is 79.0 Å². The van der Waals surface area contributed by atoms with E-state index in [0.29, 0.717) is 0 Å². The summed E-state index contributed by atoms with van der Waals surface area (Å²) in [6.45, 7) is 0. The zero-order chi connectivity index (χ0) is 27.9. The van der Waals surface area contributed by atoms with Crippen LogP contribution in [-0.4, -0.2) is 72.2 Å². The van der Waals surface area contributed by atoms with Crippen LogP contribution in [0.5, 0.6) is 0 Å². The Labute approximate surface area is 170 Å². The van der Waals surface area contributed by atoms with Crippen LogP contribution in [0, 0.1) is 0 Å². The smallest absolute Gasteiger partial charge is 0.277 e. The van der Waals surface area contributed by atoms with Gasteiger partial charge in [0.1, 0.15) is 0 Å². The molecule has 3 unspecified atom stereocenters. The Hall–Kier alpha value is -1.51. The van der Waals surface area contributed by atoms with Crippen molar-refractivity contribution < 1.29 is 96.9 Å². The van der Waals surface area contributed by atoms with Crippen molar-refractivity contribution >= 4 is 0 Å². The lowest BCUT2D eigenvalue weighted by Crippen LogP contribution is -2.76. The van der Waals surface area contributed by atoms with Gasteiger partial charge in [-0.1, -0.05) is 0 Å². The second-order valence-electron chi connectivity index (χ2n) is 6.49. The summed E-state index contributed by atoms with van der Waals surface area (Å²) >= 11 is 0. The number of hydrogen-bond donors (Lipinski definition) is 0. The Bertz CT molecular complexity index is 770. The first-order chi connectivity index (χ1) is 14.4. The first-order valence-electron chi connectivity index (χ1n) is 7.45. The predicted octanol–water partition coefficient (Wildman–Crippen LogP) is 6.66. The van der Waals surface area contributed by atoms with Crippen molar-refractivity contribution in [3.8, 4) is 0 Å². The third kappa shape index (κ3) is 3.39. The van der Waals surface area contributed by atoms with E-state index in [2.05, 4.69) is 0 Å². The summed E-state index contributed by atoms with van der Waals surface area (Å²) < 4.78 is 282. The van der Waals surface area contributed by atoms with Crippen molar-refractivity contribution in [1.82, 2.24) is 0 Å². The van der Waals surface area contributed by atoms with Gasteiger partial charge in [0.25, 0.3) is 6.36 Å². The lowest BCUT2D eigenvalue weighted by molar-refractivity contribution is -0.461. The van der Waals surface area contributed by atoms with Gasteiger partial charge in [-0.3, -0.25) is 4.74 Å². The molecule has 34 heavy (non-hydrogen) atoms. The molecule has 1 heterocycles. The molecule has 0 aliphatic carbocycles. The van der Waals surface area contributed by atoms with Crippen molar-refractivity contribution in [2.24, 2.45) is 0 Å². The van der Waals surface area contributed by atoms with E-state index in [1.165, 1.54) is 0 Å². The van der Waals surface area contributed by atoms with Gasteiger partial charge in [0.2, 0.25) is 12.3 Å². The van der Waals surface area contributed by atoms with Gasteiger partial charge in [0.15, 0.2) is 0 Å². The van der Waals surface area contributed by atoms with Crippen LogP contribution in [0.3, 0.4) is 0 Å². The second kappa shape index (κ2) is 7.50. The summed E-state index contributed by atoms with van der Waals surface area (Å²) in [7, 11) is 0. The summed E-state index contributed by atoms with van der Waals surface area (Å²) in [5.41, 5.74) is 0. The SMILES string of the molecule is FC1C(F)C(F)(F)C(F)(F)C(F)(F)C(F)(F)C(F)(F)C(F)(F)C(F)(F)C(F)(F)C(F)OC1(F)F. The molecule has 22 heteroatoms. The van der Waals surface area contributed by atoms with Crippen LogP contribution in [0.4, 0.5) is 92.2 Å². The van der Waals surface area contributed by atoms with E-state index >= 15 is 0 Å². The first kappa shape index (κ1) is 30.5. The van der Waals surface area contributed by atoms with Crippen molar-refractivity contribution in [2.75, 3.05) is 0 Å². The van der Waals surface area contributed by atoms with Crippen LogP contribution in [0.2, 0.25) is 0 Å². The molecule has 1 fully saturated rings. The Morgan fingerprint density at radius 1 is 0.353 bits per heavy atom.